The molecule has 1 aliphatic heterocycles. The lowest BCUT2D eigenvalue weighted by Gasteiger charge is -2.29. The van der Waals surface area contributed by atoms with Gasteiger partial charge >= 0.3 is 12.2 Å². The van der Waals surface area contributed by atoms with E-state index < -0.39 is 24.4 Å². The maximum Gasteiger partial charge on any atom is 0.416 e. The molecule has 0 radical (unpaired) electrons. The van der Waals surface area contributed by atoms with Crippen LogP contribution in [0, 0.1) is 6.92 Å². The summed E-state index contributed by atoms with van der Waals surface area (Å²) < 4.78 is 37.7. The normalized spacial score (nSPS) is 21.1. The van der Waals surface area contributed by atoms with Gasteiger partial charge in [-0.15, -0.1) is 11.3 Å². The minimum absolute atomic E-state index is 0.150. The van der Waals surface area contributed by atoms with Crippen LogP contribution in [0.5, 0.6) is 0 Å². The Labute approximate surface area is 118 Å². The number of aliphatic hydroxyl groups excluding tert-OH is 1. The Hall–Kier alpha value is -1.28. The zero-order valence-corrected chi connectivity index (χ0v) is 11.6. The number of carbonyl (C=O) groups is 1. The summed E-state index contributed by atoms with van der Waals surface area (Å²) in [5.74, 6) is 0. The van der Waals surface area contributed by atoms with Gasteiger partial charge in [0.15, 0.2) is 6.10 Å². The number of nitrogens with one attached hydrogen (secondary N) is 1. The smallest absolute Gasteiger partial charge is 0.382 e. The van der Waals surface area contributed by atoms with E-state index in [0.717, 1.165) is 9.78 Å². The van der Waals surface area contributed by atoms with Crippen molar-refractivity contribution in [3.8, 4) is 0 Å². The van der Waals surface area contributed by atoms with Crippen molar-refractivity contribution in [1.29, 1.82) is 0 Å². The fourth-order valence-corrected chi connectivity index (χ4v) is 3.03. The highest BCUT2D eigenvalue weighted by atomic mass is 32.1. The lowest BCUT2D eigenvalue weighted by Crippen LogP contribution is -2.50. The maximum absolute atomic E-state index is 12.6. The molecular weight excluding hydrogens is 293 g/mol. The van der Waals surface area contributed by atoms with Gasteiger partial charge in [0.25, 0.3) is 0 Å². The molecule has 1 fully saturated rings. The summed E-state index contributed by atoms with van der Waals surface area (Å²) in [5, 5.41) is 12.5. The van der Waals surface area contributed by atoms with Crippen molar-refractivity contribution >= 4 is 22.4 Å². The number of alkyl halides is 3. The Balaban J connectivity index is 2.05. The number of nitrogens with zero attached hydrogens (tertiary/aromatic N) is 1. The van der Waals surface area contributed by atoms with Gasteiger partial charge in [0.05, 0.1) is 11.0 Å². The number of urea groups is 1. The first kappa shape index (κ1) is 15.1. The molecule has 0 saturated carbocycles. The summed E-state index contributed by atoms with van der Waals surface area (Å²) in [6.07, 6.45) is -6.61. The maximum atomic E-state index is 12.6. The molecule has 2 N–H and O–H groups in total. The molecule has 1 saturated heterocycles. The van der Waals surface area contributed by atoms with Crippen LogP contribution in [-0.2, 0) is 0 Å². The first-order chi connectivity index (χ1) is 9.29. The van der Waals surface area contributed by atoms with Crippen molar-refractivity contribution in [1.82, 2.24) is 4.90 Å². The number of aryl methyl sites for hydroxylation is 1. The number of hydrogen-bond acceptors (Lipinski definition) is 3. The number of likely N-dealkylation sites (tertiary alicyclic amines) is 1. The molecule has 8 heteroatoms. The second-order valence-electron chi connectivity index (χ2n) is 4.73. The summed E-state index contributed by atoms with van der Waals surface area (Å²) in [5.41, 5.74) is 0. The first-order valence-corrected chi connectivity index (χ1v) is 6.99. The molecule has 20 heavy (non-hydrogen) atoms. The first-order valence-electron chi connectivity index (χ1n) is 6.18. The van der Waals surface area contributed by atoms with E-state index in [2.05, 4.69) is 5.32 Å². The minimum atomic E-state index is -4.72. The minimum Gasteiger partial charge on any atom is -0.382 e. The molecule has 0 aliphatic carbocycles. The lowest BCUT2D eigenvalue weighted by atomic mass is 10.1. The molecule has 2 heterocycles. The molecule has 0 unspecified atom stereocenters. The molecule has 0 aromatic carbocycles. The summed E-state index contributed by atoms with van der Waals surface area (Å²) in [4.78, 5) is 14.1. The molecule has 2 amide bonds. The van der Waals surface area contributed by atoms with Crippen molar-refractivity contribution in [2.75, 3.05) is 11.9 Å². The third-order valence-corrected chi connectivity index (χ3v) is 4.15. The van der Waals surface area contributed by atoms with E-state index in [0.29, 0.717) is 11.4 Å². The van der Waals surface area contributed by atoms with Gasteiger partial charge in [-0.25, -0.2) is 4.79 Å². The number of hydrogen-bond donors (Lipinski definition) is 2. The van der Waals surface area contributed by atoms with E-state index in [9.17, 15) is 23.1 Å². The van der Waals surface area contributed by atoms with Crippen LogP contribution in [0.25, 0.3) is 0 Å². The summed E-state index contributed by atoms with van der Waals surface area (Å²) in [6.45, 7) is 2.08. The Morgan fingerprint density at radius 1 is 1.55 bits per heavy atom. The van der Waals surface area contributed by atoms with Crippen LogP contribution in [0.1, 0.15) is 17.7 Å². The largest absolute Gasteiger partial charge is 0.416 e. The van der Waals surface area contributed by atoms with Crippen molar-refractivity contribution in [3.05, 3.63) is 17.0 Å². The fraction of sp³-hybridized carbons (Fsp3) is 0.583. The standard InChI is InChI=1S/C12H15F3N2O2S/c1-7-4-5-9(20-7)16-11(19)17-6-2-3-8(17)10(18)12(13,14)15/h4-5,8,10,18H,2-3,6H2,1H3,(H,16,19)/t8-,10-/m1/s1. The zero-order chi connectivity index (χ0) is 14.9. The average Bonchev–Trinajstić information content (AvgIpc) is 2.95. The Morgan fingerprint density at radius 2 is 2.25 bits per heavy atom. The van der Waals surface area contributed by atoms with Gasteiger partial charge in [0.2, 0.25) is 0 Å². The van der Waals surface area contributed by atoms with Gasteiger partial charge in [-0.3, -0.25) is 5.32 Å². The molecular formula is C12H15F3N2O2S. The number of halogens is 3. The highest BCUT2D eigenvalue weighted by Crippen LogP contribution is 2.31. The number of amides is 2. The molecule has 1 aromatic heterocycles. The number of carbonyl (C=O) groups excluding carboxylic acids is 1. The van der Waals surface area contributed by atoms with Crippen molar-refractivity contribution in [2.45, 2.75) is 38.1 Å². The lowest BCUT2D eigenvalue weighted by molar-refractivity contribution is -0.216. The van der Waals surface area contributed by atoms with E-state index in [1.165, 1.54) is 11.3 Å². The van der Waals surface area contributed by atoms with E-state index in [4.69, 9.17) is 0 Å². The van der Waals surface area contributed by atoms with E-state index in [1.54, 1.807) is 6.07 Å². The van der Waals surface area contributed by atoms with Gasteiger partial charge in [-0.1, -0.05) is 0 Å². The van der Waals surface area contributed by atoms with Crippen LogP contribution >= 0.6 is 11.3 Å². The molecule has 112 valence electrons. The molecule has 1 aliphatic rings. The molecule has 0 spiro atoms. The second kappa shape index (κ2) is 5.61. The van der Waals surface area contributed by atoms with Crippen LogP contribution in [0.15, 0.2) is 12.1 Å². The summed E-state index contributed by atoms with van der Waals surface area (Å²) >= 11 is 1.35. The monoisotopic (exact) mass is 308 g/mol. The quantitative estimate of drug-likeness (QED) is 0.882. The number of thiophene rings is 1. The van der Waals surface area contributed by atoms with E-state index in [-0.39, 0.29) is 13.0 Å². The SMILES string of the molecule is Cc1ccc(NC(=O)N2CCC[C@@H]2[C@@H](O)C(F)(F)F)s1. The van der Waals surface area contributed by atoms with Crippen molar-refractivity contribution in [2.24, 2.45) is 0 Å². The summed E-state index contributed by atoms with van der Waals surface area (Å²) in [7, 11) is 0. The van der Waals surface area contributed by atoms with Gasteiger partial charge in [-0.2, -0.15) is 13.2 Å². The highest BCUT2D eigenvalue weighted by molar-refractivity contribution is 7.16. The number of aliphatic hydroxyl groups is 1. The van der Waals surface area contributed by atoms with Crippen LogP contribution < -0.4 is 5.32 Å². The van der Waals surface area contributed by atoms with Crippen LogP contribution in [0.4, 0.5) is 23.0 Å². The highest BCUT2D eigenvalue weighted by Gasteiger charge is 2.48. The third-order valence-electron chi connectivity index (χ3n) is 3.23. The zero-order valence-electron chi connectivity index (χ0n) is 10.8. The van der Waals surface area contributed by atoms with Gasteiger partial charge in [-0.05, 0) is 31.9 Å². The summed E-state index contributed by atoms with van der Waals surface area (Å²) in [6, 6.07) is 1.70. The Morgan fingerprint density at radius 3 is 2.80 bits per heavy atom. The van der Waals surface area contributed by atoms with Crippen molar-refractivity contribution in [3.63, 3.8) is 0 Å². The Bertz CT molecular complexity index is 489. The Kier molecular flexibility index (Phi) is 4.24. The van der Waals surface area contributed by atoms with E-state index >= 15 is 0 Å². The van der Waals surface area contributed by atoms with Gasteiger partial charge in [0, 0.05) is 11.4 Å². The predicted molar refractivity (Wildman–Crippen MR) is 69.9 cm³/mol. The second-order valence-corrected chi connectivity index (χ2v) is 6.02. The predicted octanol–water partition coefficient (Wildman–Crippen LogP) is 2.98. The van der Waals surface area contributed by atoms with Crippen LogP contribution in [-0.4, -0.2) is 40.9 Å². The number of anilines is 1. The third kappa shape index (κ3) is 3.24. The fourth-order valence-electron chi connectivity index (χ4n) is 2.27. The topological polar surface area (TPSA) is 52.6 Å². The molecule has 4 nitrogen and oxygen atoms in total. The molecule has 1 aromatic rings. The van der Waals surface area contributed by atoms with Crippen LogP contribution in [0.3, 0.4) is 0 Å². The van der Waals surface area contributed by atoms with Crippen LogP contribution in [0.2, 0.25) is 0 Å². The van der Waals surface area contributed by atoms with E-state index in [1.807, 2.05) is 13.0 Å². The van der Waals surface area contributed by atoms with Gasteiger partial charge in [0.1, 0.15) is 0 Å². The molecule has 2 atom stereocenters. The molecule has 2 rings (SSSR count). The van der Waals surface area contributed by atoms with Crippen molar-refractivity contribution < 1.29 is 23.1 Å². The average molecular weight is 308 g/mol. The molecule has 0 bridgehead atoms. The van der Waals surface area contributed by atoms with Gasteiger partial charge < -0.3 is 10.0 Å². The number of rotatable bonds is 2.